The summed E-state index contributed by atoms with van der Waals surface area (Å²) < 4.78 is 27.9. The molecule has 122 valence electrons. The molecule has 1 aliphatic heterocycles. The highest BCUT2D eigenvalue weighted by Crippen LogP contribution is 2.23. The lowest BCUT2D eigenvalue weighted by Crippen LogP contribution is -2.42. The van der Waals surface area contributed by atoms with Crippen LogP contribution in [0.3, 0.4) is 0 Å². The summed E-state index contributed by atoms with van der Waals surface area (Å²) in [6, 6.07) is 1.59. The average Bonchev–Trinajstić information content (AvgIpc) is 2.95. The number of thioether (sulfide) groups is 1. The summed E-state index contributed by atoms with van der Waals surface area (Å²) in [7, 11) is -2.94. The highest BCUT2D eigenvalue weighted by molar-refractivity contribution is 8.02. The van der Waals surface area contributed by atoms with Crippen LogP contribution in [0.25, 0.3) is 0 Å². The largest absolute Gasteiger partial charge is 0.466 e. The third-order valence-corrected chi connectivity index (χ3v) is 6.52. The first-order valence-corrected chi connectivity index (χ1v) is 9.62. The van der Waals surface area contributed by atoms with Crippen molar-refractivity contribution in [1.29, 1.82) is 0 Å². The van der Waals surface area contributed by atoms with E-state index in [4.69, 9.17) is 4.42 Å². The topological polar surface area (TPSA) is 105 Å². The maximum Gasteiger partial charge on any atom is 0.273 e. The lowest BCUT2D eigenvalue weighted by molar-refractivity contribution is -0.119. The molecule has 0 radical (unpaired) electrons. The fourth-order valence-electron chi connectivity index (χ4n) is 2.17. The van der Waals surface area contributed by atoms with Crippen LogP contribution in [-0.2, 0) is 14.6 Å². The number of amides is 2. The predicted molar refractivity (Wildman–Crippen MR) is 83.3 cm³/mol. The molecule has 1 saturated heterocycles. The van der Waals surface area contributed by atoms with Crippen LogP contribution in [0.2, 0.25) is 0 Å². The molecule has 0 unspecified atom stereocenters. The zero-order chi connectivity index (χ0) is 16.3. The Bertz CT molecular complexity index is 681. The first-order valence-electron chi connectivity index (χ1n) is 6.75. The van der Waals surface area contributed by atoms with E-state index in [2.05, 4.69) is 10.9 Å². The van der Waals surface area contributed by atoms with E-state index in [-0.39, 0.29) is 28.4 Å². The molecular weight excluding hydrogens is 328 g/mol. The summed E-state index contributed by atoms with van der Waals surface area (Å²) in [5.41, 5.74) is 4.99. The molecule has 7 nitrogen and oxygen atoms in total. The number of hydrogen-bond acceptors (Lipinski definition) is 6. The van der Waals surface area contributed by atoms with Gasteiger partial charge in [-0.3, -0.25) is 20.4 Å². The highest BCUT2D eigenvalue weighted by atomic mass is 32.2. The molecule has 9 heteroatoms. The van der Waals surface area contributed by atoms with Gasteiger partial charge in [0.15, 0.2) is 9.84 Å². The Morgan fingerprint density at radius 3 is 2.64 bits per heavy atom. The number of carbonyl (C=O) groups excluding carboxylic acids is 2. The summed E-state index contributed by atoms with van der Waals surface area (Å²) >= 11 is 1.29. The second kappa shape index (κ2) is 6.74. The van der Waals surface area contributed by atoms with Gasteiger partial charge in [-0.1, -0.05) is 0 Å². The quantitative estimate of drug-likeness (QED) is 0.773. The number of hydrogen-bond donors (Lipinski definition) is 2. The first kappa shape index (κ1) is 16.9. The first-order chi connectivity index (χ1) is 10.3. The van der Waals surface area contributed by atoms with E-state index < -0.39 is 15.7 Å². The van der Waals surface area contributed by atoms with Gasteiger partial charge < -0.3 is 4.42 Å². The number of hydrazine groups is 1. The minimum absolute atomic E-state index is 0.0507. The molecule has 0 saturated carbocycles. The van der Waals surface area contributed by atoms with E-state index in [1.54, 1.807) is 19.9 Å². The van der Waals surface area contributed by atoms with Crippen molar-refractivity contribution in [2.24, 2.45) is 0 Å². The molecule has 1 atom stereocenters. The second-order valence-electron chi connectivity index (χ2n) is 5.17. The van der Waals surface area contributed by atoms with Crippen molar-refractivity contribution in [2.75, 3.05) is 17.3 Å². The SMILES string of the molecule is Cc1cc(C(=O)NNC(=O)CS[C@@H]2CCS(=O)(=O)C2)c(C)o1. The van der Waals surface area contributed by atoms with E-state index in [1.165, 1.54) is 11.8 Å². The molecular formula is C13H18N2O5S2. The molecule has 0 aliphatic carbocycles. The minimum atomic E-state index is -2.94. The predicted octanol–water partition coefficient (Wildman–Crippen LogP) is 0.578. The molecule has 1 aromatic rings. The summed E-state index contributed by atoms with van der Waals surface area (Å²) in [5, 5.41) is -0.0507. The molecule has 2 heterocycles. The molecule has 2 rings (SSSR count). The van der Waals surface area contributed by atoms with E-state index in [1.807, 2.05) is 0 Å². The average molecular weight is 346 g/mol. The van der Waals surface area contributed by atoms with Gasteiger partial charge in [-0.25, -0.2) is 8.42 Å². The molecule has 2 N–H and O–H groups in total. The van der Waals surface area contributed by atoms with E-state index >= 15 is 0 Å². The van der Waals surface area contributed by atoms with E-state index in [0.29, 0.717) is 23.5 Å². The lowest BCUT2D eigenvalue weighted by atomic mass is 10.2. The molecule has 2 amide bonds. The summed E-state index contributed by atoms with van der Waals surface area (Å²) in [6.45, 7) is 3.40. The smallest absolute Gasteiger partial charge is 0.273 e. The van der Waals surface area contributed by atoms with Crippen molar-refractivity contribution in [2.45, 2.75) is 25.5 Å². The summed E-state index contributed by atoms with van der Waals surface area (Å²) in [4.78, 5) is 23.5. The van der Waals surface area contributed by atoms with Crippen molar-refractivity contribution in [3.05, 3.63) is 23.2 Å². The lowest BCUT2D eigenvalue weighted by Gasteiger charge is -2.09. The Morgan fingerprint density at radius 2 is 2.09 bits per heavy atom. The molecule has 0 bridgehead atoms. The summed E-state index contributed by atoms with van der Waals surface area (Å²) in [5.74, 6) is 0.676. The van der Waals surface area contributed by atoms with Gasteiger partial charge >= 0.3 is 0 Å². The Morgan fingerprint density at radius 1 is 1.36 bits per heavy atom. The Kier molecular flexibility index (Phi) is 5.17. The number of sulfone groups is 1. The van der Waals surface area contributed by atoms with Crippen LogP contribution >= 0.6 is 11.8 Å². The monoisotopic (exact) mass is 346 g/mol. The Labute approximate surface area is 133 Å². The van der Waals surface area contributed by atoms with E-state index in [0.717, 1.165) is 0 Å². The number of carbonyl (C=O) groups is 2. The van der Waals surface area contributed by atoms with Gasteiger partial charge in [-0.15, -0.1) is 11.8 Å². The molecule has 1 aliphatic rings. The fourth-order valence-corrected chi connectivity index (χ4v) is 5.62. The van der Waals surface area contributed by atoms with Crippen molar-refractivity contribution < 1.29 is 22.4 Å². The molecule has 0 spiro atoms. The van der Waals surface area contributed by atoms with Gasteiger partial charge in [0.05, 0.1) is 22.8 Å². The maximum atomic E-state index is 11.9. The van der Waals surface area contributed by atoms with Gasteiger partial charge in [-0.05, 0) is 26.3 Å². The van der Waals surface area contributed by atoms with Gasteiger partial charge in [-0.2, -0.15) is 0 Å². The highest BCUT2D eigenvalue weighted by Gasteiger charge is 2.28. The van der Waals surface area contributed by atoms with Crippen LogP contribution in [0, 0.1) is 13.8 Å². The van der Waals surface area contributed by atoms with Crippen LogP contribution in [0.4, 0.5) is 0 Å². The van der Waals surface area contributed by atoms with E-state index in [9.17, 15) is 18.0 Å². The van der Waals surface area contributed by atoms with Gasteiger partial charge in [0.25, 0.3) is 5.91 Å². The Hall–Kier alpha value is -1.48. The summed E-state index contributed by atoms with van der Waals surface area (Å²) in [6.07, 6.45) is 0.570. The van der Waals surface area contributed by atoms with Crippen LogP contribution in [0.5, 0.6) is 0 Å². The Balaban J connectivity index is 1.74. The van der Waals surface area contributed by atoms with Crippen molar-refractivity contribution in [1.82, 2.24) is 10.9 Å². The second-order valence-corrected chi connectivity index (χ2v) is 8.68. The maximum absolute atomic E-state index is 11.9. The number of nitrogens with one attached hydrogen (secondary N) is 2. The van der Waals surface area contributed by atoms with Crippen molar-refractivity contribution >= 4 is 33.4 Å². The standard InChI is InChI=1S/C13H18N2O5S2/c1-8-5-11(9(2)20-8)13(17)15-14-12(16)6-21-10-3-4-22(18,19)7-10/h5,10H,3-4,6-7H2,1-2H3,(H,14,16)(H,15,17)/t10-/m1/s1. The van der Waals surface area contributed by atoms with Gasteiger partial charge in [0.2, 0.25) is 5.91 Å². The number of furan rings is 1. The van der Waals surface area contributed by atoms with Crippen LogP contribution < -0.4 is 10.9 Å². The van der Waals surface area contributed by atoms with Gasteiger partial charge in [0, 0.05) is 5.25 Å². The molecule has 0 aromatic carbocycles. The zero-order valence-corrected chi connectivity index (χ0v) is 14.0. The zero-order valence-electron chi connectivity index (χ0n) is 12.3. The number of rotatable bonds is 4. The molecule has 1 aromatic heterocycles. The third kappa shape index (κ3) is 4.51. The normalized spacial score (nSPS) is 19.8. The van der Waals surface area contributed by atoms with Gasteiger partial charge in [0.1, 0.15) is 11.5 Å². The minimum Gasteiger partial charge on any atom is -0.466 e. The number of aryl methyl sites for hydroxylation is 2. The van der Waals surface area contributed by atoms with Crippen molar-refractivity contribution in [3.8, 4) is 0 Å². The molecule has 1 fully saturated rings. The van der Waals surface area contributed by atoms with Crippen LogP contribution in [-0.4, -0.2) is 42.7 Å². The van der Waals surface area contributed by atoms with Crippen molar-refractivity contribution in [3.63, 3.8) is 0 Å². The van der Waals surface area contributed by atoms with Crippen LogP contribution in [0.15, 0.2) is 10.5 Å². The molecule has 22 heavy (non-hydrogen) atoms. The fraction of sp³-hybridized carbons (Fsp3) is 0.538. The van der Waals surface area contributed by atoms with Crippen LogP contribution in [0.1, 0.15) is 28.3 Å². The third-order valence-electron chi connectivity index (χ3n) is 3.24.